The van der Waals surface area contributed by atoms with Gasteiger partial charge in [-0.25, -0.2) is 9.59 Å². The van der Waals surface area contributed by atoms with Gasteiger partial charge in [0, 0.05) is 30.8 Å². The van der Waals surface area contributed by atoms with Crippen LogP contribution in [-0.4, -0.2) is 25.8 Å². The molecule has 0 saturated heterocycles. The zero-order chi connectivity index (χ0) is 21.1. The number of hydrogen-bond donors (Lipinski definition) is 0. The number of rotatable bonds is 5. The summed E-state index contributed by atoms with van der Waals surface area (Å²) in [5.41, 5.74) is 1.61. The molecule has 0 fully saturated rings. The third kappa shape index (κ3) is 3.99. The van der Waals surface area contributed by atoms with Crippen molar-refractivity contribution in [1.82, 2.24) is 14.1 Å². The molecule has 8 heteroatoms. The maximum absolute atomic E-state index is 13.1. The van der Waals surface area contributed by atoms with Gasteiger partial charge in [-0.15, -0.1) is 11.8 Å². The summed E-state index contributed by atoms with van der Waals surface area (Å²) in [5, 5.41) is 0.556. The van der Waals surface area contributed by atoms with Crippen LogP contribution in [0.4, 0.5) is 0 Å². The van der Waals surface area contributed by atoms with Crippen molar-refractivity contribution in [2.45, 2.75) is 18.2 Å². The number of fused-ring (bicyclic) bond motifs is 1. The third-order valence-electron chi connectivity index (χ3n) is 4.78. The predicted molar refractivity (Wildman–Crippen MR) is 114 cm³/mol. The summed E-state index contributed by atoms with van der Waals surface area (Å²) >= 11 is 1.29. The highest BCUT2D eigenvalue weighted by molar-refractivity contribution is 7.99. The van der Waals surface area contributed by atoms with Gasteiger partial charge < -0.3 is 4.74 Å². The lowest BCUT2D eigenvalue weighted by Gasteiger charge is -2.19. The number of hydrogen-bond acceptors (Lipinski definition) is 6. The van der Waals surface area contributed by atoms with Crippen LogP contribution in [-0.2, 0) is 29.7 Å². The molecule has 0 amide bonds. The van der Waals surface area contributed by atoms with Crippen LogP contribution < -0.4 is 11.2 Å². The van der Waals surface area contributed by atoms with Gasteiger partial charge in [0.05, 0.1) is 17.1 Å². The molecule has 7 nitrogen and oxygen atoms in total. The molecule has 0 atom stereocenters. The number of carbonyl (C=O) groups excluding carboxylic acids is 1. The molecule has 0 radical (unpaired) electrons. The standard InChI is InChI=1S/C22H19N3O4S/c1-24-20-18(19(26)25(22(24)28)12-15-5-3-2-4-6-15)11-17(14-30-20)21(27)29-13-16-7-9-23-10-8-16/h2-11H,12-14H2,1H3. The van der Waals surface area contributed by atoms with Gasteiger partial charge in [0.25, 0.3) is 5.56 Å². The lowest BCUT2D eigenvalue weighted by molar-refractivity contribution is -0.140. The van der Waals surface area contributed by atoms with E-state index in [4.69, 9.17) is 4.74 Å². The SMILES string of the molecule is Cn1c2c(c(=O)n(Cc3ccccc3)c1=O)C=C(C(=O)OCc1ccncc1)CS2. The van der Waals surface area contributed by atoms with Crippen LogP contribution in [0.1, 0.15) is 16.7 Å². The van der Waals surface area contributed by atoms with Crippen molar-refractivity contribution in [3.63, 3.8) is 0 Å². The molecule has 1 aliphatic heterocycles. The van der Waals surface area contributed by atoms with E-state index in [2.05, 4.69) is 4.98 Å². The number of carbonyl (C=O) groups is 1. The average Bonchev–Trinajstić information content (AvgIpc) is 2.80. The minimum atomic E-state index is -0.479. The lowest BCUT2D eigenvalue weighted by Crippen LogP contribution is -2.42. The summed E-state index contributed by atoms with van der Waals surface area (Å²) < 4.78 is 8.03. The van der Waals surface area contributed by atoms with E-state index in [9.17, 15) is 14.4 Å². The van der Waals surface area contributed by atoms with Gasteiger partial charge >= 0.3 is 11.7 Å². The molecular formula is C22H19N3O4S. The van der Waals surface area contributed by atoms with Gasteiger partial charge in [-0.05, 0) is 29.3 Å². The molecule has 0 bridgehead atoms. The normalized spacial score (nSPS) is 12.8. The smallest absolute Gasteiger partial charge is 0.335 e. The van der Waals surface area contributed by atoms with Crippen LogP contribution in [0.5, 0.6) is 0 Å². The Morgan fingerprint density at radius 1 is 1.10 bits per heavy atom. The van der Waals surface area contributed by atoms with E-state index in [1.54, 1.807) is 37.7 Å². The Labute approximate surface area is 176 Å². The van der Waals surface area contributed by atoms with E-state index in [1.807, 2.05) is 30.3 Å². The van der Waals surface area contributed by atoms with E-state index < -0.39 is 11.5 Å². The Balaban J connectivity index is 1.64. The molecule has 0 saturated carbocycles. The van der Waals surface area contributed by atoms with Crippen molar-refractivity contribution in [3.05, 3.63) is 98.0 Å². The van der Waals surface area contributed by atoms with Crippen LogP contribution in [0, 0.1) is 0 Å². The number of esters is 1. The van der Waals surface area contributed by atoms with Crippen molar-refractivity contribution in [2.75, 3.05) is 5.75 Å². The fraction of sp³-hybridized carbons (Fsp3) is 0.182. The van der Waals surface area contributed by atoms with Crippen LogP contribution in [0.25, 0.3) is 6.08 Å². The molecule has 152 valence electrons. The van der Waals surface area contributed by atoms with Gasteiger partial charge in [0.2, 0.25) is 0 Å². The molecule has 0 spiro atoms. The molecule has 2 aromatic heterocycles. The number of aromatic nitrogens is 3. The topological polar surface area (TPSA) is 83.2 Å². The molecule has 3 aromatic rings. The Hall–Kier alpha value is -3.39. The minimum Gasteiger partial charge on any atom is -0.457 e. The van der Waals surface area contributed by atoms with Crippen LogP contribution >= 0.6 is 11.8 Å². The van der Waals surface area contributed by atoms with Crippen molar-refractivity contribution < 1.29 is 9.53 Å². The van der Waals surface area contributed by atoms with Crippen molar-refractivity contribution in [3.8, 4) is 0 Å². The second kappa shape index (κ2) is 8.54. The molecular weight excluding hydrogens is 402 g/mol. The Kier molecular flexibility index (Phi) is 5.67. The highest BCUT2D eigenvalue weighted by atomic mass is 32.2. The predicted octanol–water partition coefficient (Wildman–Crippen LogP) is 2.22. The summed E-state index contributed by atoms with van der Waals surface area (Å²) in [5.74, 6) is -0.148. The van der Waals surface area contributed by atoms with Gasteiger partial charge in [-0.2, -0.15) is 0 Å². The van der Waals surface area contributed by atoms with Crippen LogP contribution in [0.15, 0.2) is 75.0 Å². The zero-order valence-corrected chi connectivity index (χ0v) is 17.1. The van der Waals surface area contributed by atoms with E-state index in [0.717, 1.165) is 11.1 Å². The van der Waals surface area contributed by atoms with Gasteiger partial charge in [0.1, 0.15) is 6.61 Å². The van der Waals surface area contributed by atoms with E-state index in [-0.39, 0.29) is 18.8 Å². The number of ether oxygens (including phenoxy) is 1. The fourth-order valence-corrected chi connectivity index (χ4v) is 4.24. The van der Waals surface area contributed by atoms with Gasteiger partial charge in [-0.3, -0.25) is 18.9 Å². The molecule has 1 aliphatic rings. The van der Waals surface area contributed by atoms with Crippen molar-refractivity contribution >= 4 is 23.8 Å². The van der Waals surface area contributed by atoms with Crippen molar-refractivity contribution in [2.24, 2.45) is 7.05 Å². The Bertz CT molecular complexity index is 1230. The average molecular weight is 421 g/mol. The number of nitrogens with zero attached hydrogens (tertiary/aromatic N) is 3. The highest BCUT2D eigenvalue weighted by Crippen LogP contribution is 2.29. The molecule has 0 aliphatic carbocycles. The zero-order valence-electron chi connectivity index (χ0n) is 16.3. The minimum absolute atomic E-state index is 0.127. The van der Waals surface area contributed by atoms with Crippen LogP contribution in [0.2, 0.25) is 0 Å². The van der Waals surface area contributed by atoms with Gasteiger partial charge in [-0.1, -0.05) is 30.3 Å². The second-order valence-electron chi connectivity index (χ2n) is 6.83. The highest BCUT2D eigenvalue weighted by Gasteiger charge is 2.24. The summed E-state index contributed by atoms with van der Waals surface area (Å²) in [6, 6.07) is 12.8. The summed E-state index contributed by atoms with van der Waals surface area (Å²) in [6.07, 6.45) is 4.81. The number of benzene rings is 1. The van der Waals surface area contributed by atoms with E-state index in [0.29, 0.717) is 21.9 Å². The lowest BCUT2D eigenvalue weighted by atomic mass is 10.2. The Morgan fingerprint density at radius 3 is 2.57 bits per heavy atom. The van der Waals surface area contributed by atoms with E-state index >= 15 is 0 Å². The maximum atomic E-state index is 13.1. The molecule has 30 heavy (non-hydrogen) atoms. The first-order chi connectivity index (χ1) is 14.5. The van der Waals surface area contributed by atoms with Crippen LogP contribution in [0.3, 0.4) is 0 Å². The molecule has 0 unspecified atom stereocenters. The molecule has 1 aromatic carbocycles. The largest absolute Gasteiger partial charge is 0.457 e. The summed E-state index contributed by atoms with van der Waals surface area (Å²) in [6.45, 7) is 0.293. The summed E-state index contributed by atoms with van der Waals surface area (Å²) in [4.78, 5) is 42.3. The number of pyridine rings is 1. The van der Waals surface area contributed by atoms with Crippen molar-refractivity contribution in [1.29, 1.82) is 0 Å². The fourth-order valence-electron chi connectivity index (χ4n) is 3.18. The third-order valence-corrected chi connectivity index (χ3v) is 6.00. The van der Waals surface area contributed by atoms with Gasteiger partial charge in [0.15, 0.2) is 0 Å². The van der Waals surface area contributed by atoms with E-state index in [1.165, 1.54) is 20.9 Å². The Morgan fingerprint density at radius 2 is 1.83 bits per heavy atom. The quantitative estimate of drug-likeness (QED) is 0.464. The maximum Gasteiger partial charge on any atom is 0.335 e. The first-order valence-corrected chi connectivity index (χ1v) is 10.3. The first-order valence-electron chi connectivity index (χ1n) is 9.31. The second-order valence-corrected chi connectivity index (χ2v) is 7.79. The monoisotopic (exact) mass is 421 g/mol. The molecule has 4 rings (SSSR count). The molecule has 0 N–H and O–H groups in total. The molecule has 3 heterocycles. The first kappa shape index (κ1) is 19.9. The summed E-state index contributed by atoms with van der Waals surface area (Å²) in [7, 11) is 1.63. The number of thioether (sulfide) groups is 1.